The highest BCUT2D eigenvalue weighted by molar-refractivity contribution is 7.89. The van der Waals surface area contributed by atoms with Gasteiger partial charge in [-0.25, -0.2) is 8.42 Å². The molecule has 34 heavy (non-hydrogen) atoms. The first-order chi connectivity index (χ1) is 16.4. The number of nitrogens with zero attached hydrogens (tertiary/aromatic N) is 2. The number of carbonyl (C=O) groups is 2. The molecule has 182 valence electrons. The SMILES string of the molecule is COc1ccc(S(=O)(=O)N2CCCC(C(=O)Nc3cccc(C(=O)N4CCOCC4)c3)C2)cc1. The van der Waals surface area contributed by atoms with Crippen LogP contribution in [0.3, 0.4) is 0 Å². The summed E-state index contributed by atoms with van der Waals surface area (Å²) in [6.45, 7) is 2.57. The van der Waals surface area contributed by atoms with Crippen LogP contribution < -0.4 is 10.1 Å². The highest BCUT2D eigenvalue weighted by atomic mass is 32.2. The second-order valence-corrected chi connectivity index (χ2v) is 10.3. The van der Waals surface area contributed by atoms with Gasteiger partial charge in [-0.3, -0.25) is 9.59 Å². The predicted octanol–water partition coefficient (Wildman–Crippen LogP) is 2.21. The molecule has 2 fully saturated rings. The van der Waals surface area contributed by atoms with E-state index < -0.39 is 15.9 Å². The number of ether oxygens (including phenoxy) is 2. The number of anilines is 1. The number of hydrogen-bond acceptors (Lipinski definition) is 6. The number of amides is 2. The molecule has 2 heterocycles. The van der Waals surface area contributed by atoms with Gasteiger partial charge in [0.15, 0.2) is 0 Å². The molecule has 2 aliphatic rings. The number of nitrogens with one attached hydrogen (secondary N) is 1. The van der Waals surface area contributed by atoms with Crippen molar-refractivity contribution in [2.75, 3.05) is 51.8 Å². The minimum Gasteiger partial charge on any atom is -0.497 e. The predicted molar refractivity (Wildman–Crippen MR) is 126 cm³/mol. The van der Waals surface area contributed by atoms with E-state index in [0.717, 1.165) is 0 Å². The number of morpholine rings is 1. The first kappa shape index (κ1) is 24.2. The number of benzene rings is 2. The summed E-state index contributed by atoms with van der Waals surface area (Å²) in [5, 5.41) is 2.86. The Bertz CT molecular complexity index is 1130. The molecule has 2 amide bonds. The summed E-state index contributed by atoms with van der Waals surface area (Å²) < 4.78 is 37.9. The molecule has 0 aromatic heterocycles. The van der Waals surface area contributed by atoms with Gasteiger partial charge >= 0.3 is 0 Å². The quantitative estimate of drug-likeness (QED) is 0.670. The smallest absolute Gasteiger partial charge is 0.254 e. The third kappa shape index (κ3) is 5.40. The van der Waals surface area contributed by atoms with Crippen LogP contribution in [0.4, 0.5) is 5.69 Å². The van der Waals surface area contributed by atoms with Crippen LogP contribution in [0.5, 0.6) is 5.75 Å². The second-order valence-electron chi connectivity index (χ2n) is 8.35. The fourth-order valence-corrected chi connectivity index (χ4v) is 5.72. The van der Waals surface area contributed by atoms with Gasteiger partial charge in [0.1, 0.15) is 5.75 Å². The molecule has 2 aromatic carbocycles. The van der Waals surface area contributed by atoms with Crippen LogP contribution in [0.25, 0.3) is 0 Å². The lowest BCUT2D eigenvalue weighted by atomic mass is 9.98. The molecular weight excluding hydrogens is 458 g/mol. The first-order valence-corrected chi connectivity index (χ1v) is 12.7. The van der Waals surface area contributed by atoms with Gasteiger partial charge in [0.25, 0.3) is 5.91 Å². The third-order valence-electron chi connectivity index (χ3n) is 6.13. The zero-order valence-electron chi connectivity index (χ0n) is 19.1. The summed E-state index contributed by atoms with van der Waals surface area (Å²) in [6.07, 6.45) is 1.18. The Hall–Kier alpha value is -2.95. The van der Waals surface area contributed by atoms with Crippen LogP contribution in [0.15, 0.2) is 53.4 Å². The molecular formula is C24H29N3O6S. The average Bonchev–Trinajstić information content (AvgIpc) is 2.89. The standard InChI is InChI=1S/C24H29N3O6S/c1-32-21-7-9-22(10-8-21)34(30,31)27-11-3-5-19(17-27)23(28)25-20-6-2-4-18(16-20)24(29)26-12-14-33-15-13-26/h2,4,6-10,16,19H,3,5,11-15,17H2,1H3,(H,25,28). The Balaban J connectivity index is 1.42. The van der Waals surface area contributed by atoms with Crippen molar-refractivity contribution in [1.29, 1.82) is 0 Å². The molecule has 0 radical (unpaired) electrons. The van der Waals surface area contributed by atoms with Gasteiger partial charge in [0.05, 0.1) is 31.1 Å². The van der Waals surface area contributed by atoms with Crippen molar-refractivity contribution >= 4 is 27.5 Å². The van der Waals surface area contributed by atoms with Gasteiger partial charge in [0, 0.05) is 37.4 Å². The molecule has 2 aliphatic heterocycles. The molecule has 4 rings (SSSR count). The van der Waals surface area contributed by atoms with Crippen molar-refractivity contribution in [3.63, 3.8) is 0 Å². The lowest BCUT2D eigenvalue weighted by Gasteiger charge is -2.31. The van der Waals surface area contributed by atoms with E-state index in [1.54, 1.807) is 41.3 Å². The third-order valence-corrected chi connectivity index (χ3v) is 8.01. The van der Waals surface area contributed by atoms with Crippen LogP contribution in [-0.2, 0) is 19.6 Å². The monoisotopic (exact) mass is 487 g/mol. The van der Waals surface area contributed by atoms with Crippen molar-refractivity contribution in [2.45, 2.75) is 17.7 Å². The molecule has 0 aliphatic carbocycles. The zero-order valence-corrected chi connectivity index (χ0v) is 19.9. The summed E-state index contributed by atoms with van der Waals surface area (Å²) in [7, 11) is -2.20. The Kier molecular flexibility index (Phi) is 7.50. The summed E-state index contributed by atoms with van der Waals surface area (Å²) in [4.78, 5) is 27.6. The summed E-state index contributed by atoms with van der Waals surface area (Å²) in [5.41, 5.74) is 1.01. The van der Waals surface area contributed by atoms with E-state index in [0.29, 0.717) is 62.7 Å². The molecule has 10 heteroatoms. The Morgan fingerprint density at radius 2 is 1.79 bits per heavy atom. The number of piperidine rings is 1. The minimum atomic E-state index is -3.72. The van der Waals surface area contributed by atoms with Crippen molar-refractivity contribution in [3.8, 4) is 5.75 Å². The lowest BCUT2D eigenvalue weighted by Crippen LogP contribution is -2.43. The molecule has 1 atom stereocenters. The zero-order chi connectivity index (χ0) is 24.1. The van der Waals surface area contributed by atoms with Gasteiger partial charge in [-0.2, -0.15) is 4.31 Å². The topological polar surface area (TPSA) is 105 Å². The van der Waals surface area contributed by atoms with Crippen molar-refractivity contribution in [3.05, 3.63) is 54.1 Å². The van der Waals surface area contributed by atoms with Crippen LogP contribution in [0.2, 0.25) is 0 Å². The summed E-state index contributed by atoms with van der Waals surface area (Å²) in [6, 6.07) is 13.1. The molecule has 0 spiro atoms. The maximum Gasteiger partial charge on any atom is 0.254 e. The van der Waals surface area contributed by atoms with E-state index in [-0.39, 0.29) is 23.3 Å². The first-order valence-electron chi connectivity index (χ1n) is 11.3. The number of carbonyl (C=O) groups excluding carboxylic acids is 2. The lowest BCUT2D eigenvalue weighted by molar-refractivity contribution is -0.120. The van der Waals surface area contributed by atoms with Crippen LogP contribution in [0.1, 0.15) is 23.2 Å². The van der Waals surface area contributed by atoms with E-state index in [4.69, 9.17) is 9.47 Å². The van der Waals surface area contributed by atoms with Gasteiger partial charge < -0.3 is 19.7 Å². The molecule has 9 nitrogen and oxygen atoms in total. The van der Waals surface area contributed by atoms with Crippen molar-refractivity contribution < 1.29 is 27.5 Å². The molecule has 0 saturated carbocycles. The molecule has 0 bridgehead atoms. The van der Waals surface area contributed by atoms with Crippen LogP contribution in [-0.4, -0.2) is 75.9 Å². The van der Waals surface area contributed by atoms with Gasteiger partial charge in [0.2, 0.25) is 15.9 Å². The van der Waals surface area contributed by atoms with E-state index in [1.165, 1.54) is 23.5 Å². The normalized spacial score (nSPS) is 19.4. The molecule has 1 N–H and O–H groups in total. The average molecular weight is 488 g/mol. The van der Waals surface area contributed by atoms with E-state index >= 15 is 0 Å². The molecule has 2 saturated heterocycles. The van der Waals surface area contributed by atoms with Crippen molar-refractivity contribution in [1.82, 2.24) is 9.21 Å². The van der Waals surface area contributed by atoms with E-state index in [2.05, 4.69) is 5.32 Å². The Labute approximate surface area is 199 Å². The fourth-order valence-electron chi connectivity index (χ4n) is 4.19. The molecule has 1 unspecified atom stereocenters. The van der Waals surface area contributed by atoms with Gasteiger partial charge in [-0.15, -0.1) is 0 Å². The maximum atomic E-state index is 13.1. The van der Waals surface area contributed by atoms with Crippen LogP contribution in [0, 0.1) is 5.92 Å². The highest BCUT2D eigenvalue weighted by Crippen LogP contribution is 2.26. The largest absolute Gasteiger partial charge is 0.497 e. The van der Waals surface area contributed by atoms with E-state index in [1.807, 2.05) is 0 Å². The number of sulfonamides is 1. The minimum absolute atomic E-state index is 0.103. The fraction of sp³-hybridized carbons (Fsp3) is 0.417. The number of hydrogen-bond donors (Lipinski definition) is 1. The second kappa shape index (κ2) is 10.5. The number of rotatable bonds is 6. The summed E-state index contributed by atoms with van der Waals surface area (Å²) >= 11 is 0. The number of methoxy groups -OCH3 is 1. The Morgan fingerprint density at radius 1 is 1.06 bits per heavy atom. The van der Waals surface area contributed by atoms with Crippen molar-refractivity contribution in [2.24, 2.45) is 5.92 Å². The van der Waals surface area contributed by atoms with Gasteiger partial charge in [-0.1, -0.05) is 6.07 Å². The highest BCUT2D eigenvalue weighted by Gasteiger charge is 2.33. The Morgan fingerprint density at radius 3 is 2.50 bits per heavy atom. The van der Waals surface area contributed by atoms with Gasteiger partial charge in [-0.05, 0) is 55.3 Å². The maximum absolute atomic E-state index is 13.1. The summed E-state index contributed by atoms with van der Waals surface area (Å²) in [5.74, 6) is -0.274. The van der Waals surface area contributed by atoms with E-state index in [9.17, 15) is 18.0 Å². The molecule has 2 aromatic rings. The van der Waals surface area contributed by atoms with Crippen LogP contribution >= 0.6 is 0 Å².